The molecule has 1 N–H and O–H groups in total. The summed E-state index contributed by atoms with van der Waals surface area (Å²) >= 11 is 0. The number of fused-ring (bicyclic) bond motifs is 1. The fourth-order valence-electron chi connectivity index (χ4n) is 4.51. The predicted molar refractivity (Wildman–Crippen MR) is 132 cm³/mol. The van der Waals surface area contributed by atoms with Gasteiger partial charge in [0.25, 0.3) is 0 Å². The molecular weight excluding hydrogens is 487 g/mol. The third-order valence-corrected chi connectivity index (χ3v) is 6.83. The number of hydrogen-bond acceptors (Lipinski definition) is 8. The molecule has 0 spiro atoms. The Balaban J connectivity index is 1.32. The molecule has 3 aromatic rings. The molecule has 1 unspecified atom stereocenters. The summed E-state index contributed by atoms with van der Waals surface area (Å²) in [5.41, 5.74) is 2.31. The molecule has 1 aliphatic heterocycles. The van der Waals surface area contributed by atoms with Crippen molar-refractivity contribution >= 4 is 23.7 Å². The monoisotopic (exact) mass is 517 g/mol. The topological polar surface area (TPSA) is 97.0 Å². The van der Waals surface area contributed by atoms with Crippen molar-refractivity contribution in [3.05, 3.63) is 41.1 Å². The molecule has 3 aromatic heterocycles. The number of hydrogen-bond donors (Lipinski definition) is 1. The number of anilines is 3. The minimum absolute atomic E-state index is 0.0252. The average molecular weight is 518 g/mol. The number of carbonyl (C=O) groups is 1. The Labute approximate surface area is 212 Å². The molecule has 1 aliphatic carbocycles. The molecule has 0 saturated heterocycles. The van der Waals surface area contributed by atoms with Gasteiger partial charge in [0.15, 0.2) is 11.5 Å². The summed E-state index contributed by atoms with van der Waals surface area (Å²) in [6.45, 7) is 3.29. The molecule has 0 bridgehead atoms. The van der Waals surface area contributed by atoms with Gasteiger partial charge in [-0.1, -0.05) is 0 Å². The maximum Gasteiger partial charge on any atom is 0.435 e. The van der Waals surface area contributed by atoms with Gasteiger partial charge in [0.05, 0.1) is 36.2 Å². The van der Waals surface area contributed by atoms with Crippen molar-refractivity contribution in [2.24, 2.45) is 0 Å². The molecule has 1 fully saturated rings. The van der Waals surface area contributed by atoms with Crippen LogP contribution in [0.15, 0.2) is 18.5 Å². The first-order valence-electron chi connectivity index (χ1n) is 12.3. The molecule has 0 amide bonds. The number of alkyl halides is 3. The fraction of sp³-hybridized carbons (Fsp3) is 0.542. The Hall–Kier alpha value is -3.64. The number of nitrogens with one attached hydrogen (secondary N) is 1. The average Bonchev–Trinajstić information content (AvgIpc) is 3.46. The van der Waals surface area contributed by atoms with E-state index in [9.17, 15) is 18.0 Å². The number of aryl methyl sites for hydroxylation is 1. The Morgan fingerprint density at radius 3 is 2.78 bits per heavy atom. The molecular formula is C24H30F3N9O. The van der Waals surface area contributed by atoms with Gasteiger partial charge in [-0.05, 0) is 38.7 Å². The first kappa shape index (κ1) is 25.0. The van der Waals surface area contributed by atoms with Gasteiger partial charge in [0, 0.05) is 38.9 Å². The highest BCUT2D eigenvalue weighted by molar-refractivity contribution is 5.75. The second-order valence-corrected chi connectivity index (χ2v) is 9.77. The van der Waals surface area contributed by atoms with Gasteiger partial charge in [0.2, 0.25) is 5.95 Å². The lowest BCUT2D eigenvalue weighted by Gasteiger charge is -2.33. The maximum absolute atomic E-state index is 13.2. The van der Waals surface area contributed by atoms with Crippen molar-refractivity contribution in [3.8, 4) is 0 Å². The van der Waals surface area contributed by atoms with E-state index in [1.54, 1.807) is 17.1 Å². The molecule has 13 heteroatoms. The number of halogens is 3. The standard InChI is InChI=1S/C24H30F3N9O/c1-15(14-37)34(3)22-21-19(5-4-8-33(21)2)30-23(31-22)28-10-16-11-29-35(12-16)13-18-9-20(24(25,26)27)32-36(18)17-6-7-17/h9,11-12,14-15,17H,4-8,10,13H2,1-3H3,(H,28,30,31). The van der Waals surface area contributed by atoms with Crippen LogP contribution < -0.4 is 15.1 Å². The Kier molecular flexibility index (Phi) is 6.54. The van der Waals surface area contributed by atoms with Crippen molar-refractivity contribution in [2.75, 3.05) is 35.8 Å². The van der Waals surface area contributed by atoms with Crippen molar-refractivity contribution in [1.82, 2.24) is 29.5 Å². The molecule has 1 saturated carbocycles. The van der Waals surface area contributed by atoms with E-state index in [0.717, 1.165) is 61.5 Å². The molecule has 198 valence electrons. The summed E-state index contributed by atoms with van der Waals surface area (Å²) in [5, 5.41) is 11.4. The van der Waals surface area contributed by atoms with E-state index < -0.39 is 11.9 Å². The highest BCUT2D eigenvalue weighted by Gasteiger charge is 2.37. The molecule has 1 atom stereocenters. The molecule has 0 aromatic carbocycles. The first-order valence-corrected chi connectivity index (χ1v) is 12.3. The summed E-state index contributed by atoms with van der Waals surface area (Å²) in [4.78, 5) is 24.8. The van der Waals surface area contributed by atoms with Gasteiger partial charge in [-0.15, -0.1) is 0 Å². The largest absolute Gasteiger partial charge is 0.435 e. The number of carbonyl (C=O) groups excluding carboxylic acids is 1. The maximum atomic E-state index is 13.2. The van der Waals surface area contributed by atoms with E-state index >= 15 is 0 Å². The van der Waals surface area contributed by atoms with E-state index in [1.807, 2.05) is 25.9 Å². The zero-order valence-corrected chi connectivity index (χ0v) is 21.0. The SMILES string of the molecule is CC(C=O)N(C)c1nc(NCc2cnn(Cc3cc(C(F)(F)F)nn3C3CC3)c2)nc2c1N(C)CCC2. The van der Waals surface area contributed by atoms with Crippen LogP contribution in [0.5, 0.6) is 0 Å². The van der Waals surface area contributed by atoms with Crippen molar-refractivity contribution in [3.63, 3.8) is 0 Å². The minimum Gasteiger partial charge on any atom is -0.370 e. The number of nitrogens with zero attached hydrogens (tertiary/aromatic N) is 8. The van der Waals surface area contributed by atoms with Crippen molar-refractivity contribution in [2.45, 2.75) is 64.0 Å². The second kappa shape index (κ2) is 9.67. The summed E-state index contributed by atoms with van der Waals surface area (Å²) in [6, 6.07) is 0.786. The third kappa shape index (κ3) is 5.25. The normalized spacial score (nSPS) is 16.4. The summed E-state index contributed by atoms with van der Waals surface area (Å²) in [7, 11) is 3.84. The van der Waals surface area contributed by atoms with Crippen LogP contribution in [0, 0.1) is 0 Å². The summed E-state index contributed by atoms with van der Waals surface area (Å²) in [6.07, 6.45) is 3.33. The smallest absolute Gasteiger partial charge is 0.370 e. The quantitative estimate of drug-likeness (QED) is 0.432. The van der Waals surface area contributed by atoms with E-state index in [4.69, 9.17) is 9.97 Å². The molecule has 10 nitrogen and oxygen atoms in total. The minimum atomic E-state index is -4.48. The van der Waals surface area contributed by atoms with Gasteiger partial charge in [-0.2, -0.15) is 28.4 Å². The van der Waals surface area contributed by atoms with Gasteiger partial charge < -0.3 is 19.9 Å². The van der Waals surface area contributed by atoms with Crippen LogP contribution >= 0.6 is 0 Å². The van der Waals surface area contributed by atoms with E-state index in [1.165, 1.54) is 4.68 Å². The number of aromatic nitrogens is 6. The zero-order chi connectivity index (χ0) is 26.3. The summed E-state index contributed by atoms with van der Waals surface area (Å²) < 4.78 is 42.7. The van der Waals surface area contributed by atoms with Gasteiger partial charge >= 0.3 is 6.18 Å². The lowest BCUT2D eigenvalue weighted by Crippen LogP contribution is -2.35. The van der Waals surface area contributed by atoms with Crippen LogP contribution in [0.2, 0.25) is 0 Å². The van der Waals surface area contributed by atoms with Gasteiger partial charge in [0.1, 0.15) is 12.0 Å². The van der Waals surface area contributed by atoms with Crippen LogP contribution in [-0.2, 0) is 30.5 Å². The number of rotatable bonds is 9. The zero-order valence-electron chi connectivity index (χ0n) is 21.0. The van der Waals surface area contributed by atoms with Crippen molar-refractivity contribution in [1.29, 1.82) is 0 Å². The third-order valence-electron chi connectivity index (χ3n) is 6.83. The van der Waals surface area contributed by atoms with Gasteiger partial charge in [-0.3, -0.25) is 9.36 Å². The second-order valence-electron chi connectivity index (χ2n) is 9.77. The Bertz CT molecular complexity index is 1280. The van der Waals surface area contributed by atoms with Crippen LogP contribution in [-0.4, -0.2) is 62.5 Å². The van der Waals surface area contributed by atoms with Crippen LogP contribution in [0.1, 0.15) is 54.9 Å². The van der Waals surface area contributed by atoms with E-state index in [2.05, 4.69) is 20.4 Å². The van der Waals surface area contributed by atoms with Gasteiger partial charge in [-0.25, -0.2) is 4.98 Å². The lowest BCUT2D eigenvalue weighted by molar-refractivity contribution is -0.141. The Morgan fingerprint density at radius 1 is 1.30 bits per heavy atom. The highest BCUT2D eigenvalue weighted by atomic mass is 19.4. The van der Waals surface area contributed by atoms with Crippen molar-refractivity contribution < 1.29 is 18.0 Å². The molecule has 2 aliphatic rings. The summed E-state index contributed by atoms with van der Waals surface area (Å²) in [5.74, 6) is 1.14. The first-order chi connectivity index (χ1) is 17.6. The lowest BCUT2D eigenvalue weighted by atomic mass is 10.1. The highest BCUT2D eigenvalue weighted by Crippen LogP contribution is 2.38. The van der Waals surface area contributed by atoms with Crippen LogP contribution in [0.3, 0.4) is 0 Å². The molecule has 0 radical (unpaired) electrons. The van der Waals surface area contributed by atoms with Crippen LogP contribution in [0.25, 0.3) is 0 Å². The molecule has 37 heavy (non-hydrogen) atoms. The fourth-order valence-corrected chi connectivity index (χ4v) is 4.51. The van der Waals surface area contributed by atoms with E-state index in [0.29, 0.717) is 24.0 Å². The molecule has 4 heterocycles. The number of likely N-dealkylation sites (N-methyl/N-ethyl adjacent to an activating group) is 1. The number of aldehydes is 1. The van der Waals surface area contributed by atoms with Crippen LogP contribution in [0.4, 0.5) is 30.6 Å². The Morgan fingerprint density at radius 2 is 2.08 bits per heavy atom. The molecule has 5 rings (SSSR count). The predicted octanol–water partition coefficient (Wildman–Crippen LogP) is 3.29. The van der Waals surface area contributed by atoms with E-state index in [-0.39, 0.29) is 18.6 Å².